The third-order valence-corrected chi connectivity index (χ3v) is 3.17. The number of aromatic nitrogens is 1. The van der Waals surface area contributed by atoms with E-state index < -0.39 is 0 Å². The molecular weight excluding hydrogens is 266 g/mol. The van der Waals surface area contributed by atoms with Crippen molar-refractivity contribution in [3.8, 4) is 5.75 Å². The summed E-state index contributed by atoms with van der Waals surface area (Å²) in [5.74, 6) is 0.460. The van der Waals surface area contributed by atoms with Gasteiger partial charge in [0.15, 0.2) is 0 Å². The zero-order valence-electron chi connectivity index (χ0n) is 12.5. The lowest BCUT2D eigenvalue weighted by Crippen LogP contribution is -2.26. The van der Waals surface area contributed by atoms with Crippen LogP contribution in [0.15, 0.2) is 36.4 Å². The van der Waals surface area contributed by atoms with Crippen molar-refractivity contribution in [2.24, 2.45) is 0 Å². The average molecular weight is 285 g/mol. The Bertz CT molecular complexity index is 656. The number of hydrogen-bond donors (Lipinski definition) is 1. The van der Waals surface area contributed by atoms with Crippen LogP contribution in [0.1, 0.15) is 21.7 Å². The Labute approximate surface area is 124 Å². The highest BCUT2D eigenvalue weighted by atomic mass is 16.5. The van der Waals surface area contributed by atoms with Gasteiger partial charge >= 0.3 is 0 Å². The monoisotopic (exact) mass is 285 g/mol. The van der Waals surface area contributed by atoms with Crippen molar-refractivity contribution in [2.45, 2.75) is 13.5 Å². The molecule has 0 saturated carbocycles. The van der Waals surface area contributed by atoms with Gasteiger partial charge in [0.2, 0.25) is 0 Å². The topological polar surface area (TPSA) is 68.5 Å². The van der Waals surface area contributed by atoms with Crippen molar-refractivity contribution < 1.29 is 9.53 Å². The van der Waals surface area contributed by atoms with E-state index in [1.807, 2.05) is 25.1 Å². The molecule has 2 rings (SSSR count). The van der Waals surface area contributed by atoms with Crippen LogP contribution in [0.4, 0.5) is 5.69 Å². The van der Waals surface area contributed by atoms with Gasteiger partial charge in [0.1, 0.15) is 5.75 Å². The second kappa shape index (κ2) is 6.26. The number of nitrogens with zero attached hydrogens (tertiary/aromatic N) is 2. The number of carbonyl (C=O) groups is 1. The number of amides is 1. The fraction of sp³-hybridized carbons (Fsp3) is 0.250. The van der Waals surface area contributed by atoms with Crippen molar-refractivity contribution in [2.75, 3.05) is 19.9 Å². The Morgan fingerprint density at radius 3 is 2.71 bits per heavy atom. The van der Waals surface area contributed by atoms with Crippen LogP contribution in [0.25, 0.3) is 0 Å². The van der Waals surface area contributed by atoms with E-state index in [2.05, 4.69) is 4.98 Å². The highest BCUT2D eigenvalue weighted by molar-refractivity contribution is 5.95. The Morgan fingerprint density at radius 1 is 1.33 bits per heavy atom. The molecule has 5 nitrogen and oxygen atoms in total. The first-order valence-electron chi connectivity index (χ1n) is 6.63. The molecule has 0 aliphatic carbocycles. The molecule has 0 fully saturated rings. The maximum Gasteiger partial charge on any atom is 0.254 e. The van der Waals surface area contributed by atoms with Crippen molar-refractivity contribution in [1.29, 1.82) is 0 Å². The van der Waals surface area contributed by atoms with Crippen molar-refractivity contribution in [3.05, 3.63) is 53.3 Å². The number of ether oxygens (including phenoxy) is 1. The predicted octanol–water partition coefficient (Wildman–Crippen LogP) is 2.25. The lowest BCUT2D eigenvalue weighted by Gasteiger charge is -2.17. The number of rotatable bonds is 4. The Kier molecular flexibility index (Phi) is 4.42. The molecule has 1 aromatic heterocycles. The maximum absolute atomic E-state index is 12.4. The number of aryl methyl sites for hydroxylation is 1. The molecule has 21 heavy (non-hydrogen) atoms. The van der Waals surface area contributed by atoms with Crippen LogP contribution in [0.2, 0.25) is 0 Å². The van der Waals surface area contributed by atoms with Crippen LogP contribution in [0.5, 0.6) is 5.75 Å². The summed E-state index contributed by atoms with van der Waals surface area (Å²) in [7, 11) is 3.29. The third kappa shape index (κ3) is 3.51. The summed E-state index contributed by atoms with van der Waals surface area (Å²) in [5, 5.41) is 0. The normalized spacial score (nSPS) is 10.2. The number of nitrogens with two attached hydrogens (primary N) is 1. The van der Waals surface area contributed by atoms with Crippen LogP contribution >= 0.6 is 0 Å². The van der Waals surface area contributed by atoms with Gasteiger partial charge in [0.25, 0.3) is 5.91 Å². The molecule has 110 valence electrons. The highest BCUT2D eigenvalue weighted by Gasteiger charge is 2.14. The minimum absolute atomic E-state index is 0.104. The number of benzene rings is 1. The van der Waals surface area contributed by atoms with Gasteiger partial charge in [-0.25, -0.2) is 0 Å². The second-order valence-electron chi connectivity index (χ2n) is 4.89. The lowest BCUT2D eigenvalue weighted by atomic mass is 10.1. The molecule has 5 heteroatoms. The van der Waals surface area contributed by atoms with Gasteiger partial charge in [-0.1, -0.05) is 6.07 Å². The summed E-state index contributed by atoms with van der Waals surface area (Å²) in [6, 6.07) is 10.8. The number of pyridine rings is 1. The molecule has 2 aromatic rings. The van der Waals surface area contributed by atoms with Crippen LogP contribution in [0.3, 0.4) is 0 Å². The smallest absolute Gasteiger partial charge is 0.254 e. The van der Waals surface area contributed by atoms with Crippen LogP contribution in [-0.4, -0.2) is 29.9 Å². The average Bonchev–Trinajstić information content (AvgIpc) is 2.46. The zero-order chi connectivity index (χ0) is 15.4. The molecule has 0 unspecified atom stereocenters. The van der Waals surface area contributed by atoms with Gasteiger partial charge < -0.3 is 15.4 Å². The molecule has 1 aromatic carbocycles. The van der Waals surface area contributed by atoms with Crippen molar-refractivity contribution in [1.82, 2.24) is 9.88 Å². The molecule has 0 spiro atoms. The molecule has 1 amide bonds. The van der Waals surface area contributed by atoms with E-state index in [0.29, 0.717) is 23.5 Å². The lowest BCUT2D eigenvalue weighted by molar-refractivity contribution is 0.0783. The number of hydrogen-bond acceptors (Lipinski definition) is 4. The third-order valence-electron chi connectivity index (χ3n) is 3.17. The van der Waals surface area contributed by atoms with E-state index in [9.17, 15) is 4.79 Å². The van der Waals surface area contributed by atoms with Gasteiger partial charge in [0.05, 0.1) is 25.0 Å². The molecule has 0 saturated heterocycles. The molecule has 0 aliphatic rings. The van der Waals surface area contributed by atoms with Crippen LogP contribution < -0.4 is 10.5 Å². The van der Waals surface area contributed by atoms with Gasteiger partial charge in [0, 0.05) is 18.3 Å². The van der Waals surface area contributed by atoms with Crippen molar-refractivity contribution >= 4 is 11.6 Å². The van der Waals surface area contributed by atoms with E-state index in [1.165, 1.54) is 0 Å². The van der Waals surface area contributed by atoms with Gasteiger partial charge in [-0.3, -0.25) is 9.78 Å². The molecule has 1 heterocycles. The van der Waals surface area contributed by atoms with E-state index in [0.717, 1.165) is 11.4 Å². The summed E-state index contributed by atoms with van der Waals surface area (Å²) >= 11 is 0. The molecule has 2 N–H and O–H groups in total. The first-order valence-corrected chi connectivity index (χ1v) is 6.63. The summed E-state index contributed by atoms with van der Waals surface area (Å²) in [6.07, 6.45) is 0. The SMILES string of the molecule is COc1ccc(C(=O)N(C)Cc2cccc(C)n2)cc1N. The van der Waals surface area contributed by atoms with E-state index in [1.54, 1.807) is 37.3 Å². The summed E-state index contributed by atoms with van der Waals surface area (Å²) in [6.45, 7) is 2.38. The van der Waals surface area contributed by atoms with Gasteiger partial charge in [-0.2, -0.15) is 0 Å². The zero-order valence-corrected chi connectivity index (χ0v) is 12.5. The number of nitrogen functional groups attached to an aromatic ring is 1. The second-order valence-corrected chi connectivity index (χ2v) is 4.89. The Hall–Kier alpha value is -2.56. The summed E-state index contributed by atoms with van der Waals surface area (Å²) in [5.41, 5.74) is 8.60. The fourth-order valence-corrected chi connectivity index (χ4v) is 2.09. The first-order chi connectivity index (χ1) is 10.0. The first kappa shape index (κ1) is 14.8. The highest BCUT2D eigenvalue weighted by Crippen LogP contribution is 2.22. The van der Waals surface area contributed by atoms with Gasteiger partial charge in [-0.15, -0.1) is 0 Å². The number of anilines is 1. The minimum Gasteiger partial charge on any atom is -0.495 e. The standard InChI is InChI=1S/C16H19N3O2/c1-11-5-4-6-13(18-11)10-19(2)16(20)12-7-8-15(21-3)14(17)9-12/h4-9H,10,17H2,1-3H3. The predicted molar refractivity (Wildman–Crippen MR) is 82.2 cm³/mol. The maximum atomic E-state index is 12.4. The molecular formula is C16H19N3O2. The van der Waals surface area contributed by atoms with Crippen LogP contribution in [-0.2, 0) is 6.54 Å². The molecule has 0 radical (unpaired) electrons. The fourth-order valence-electron chi connectivity index (χ4n) is 2.09. The van der Waals surface area contributed by atoms with Crippen molar-refractivity contribution in [3.63, 3.8) is 0 Å². The van der Waals surface area contributed by atoms with Gasteiger partial charge in [-0.05, 0) is 37.3 Å². The minimum atomic E-state index is -0.104. The van der Waals surface area contributed by atoms with Crippen LogP contribution in [0, 0.1) is 6.92 Å². The Balaban J connectivity index is 2.14. The van der Waals surface area contributed by atoms with E-state index in [-0.39, 0.29) is 5.91 Å². The molecule has 0 atom stereocenters. The van der Waals surface area contributed by atoms with E-state index in [4.69, 9.17) is 10.5 Å². The Morgan fingerprint density at radius 2 is 2.10 bits per heavy atom. The largest absolute Gasteiger partial charge is 0.495 e. The number of methoxy groups -OCH3 is 1. The molecule has 0 aliphatic heterocycles. The summed E-state index contributed by atoms with van der Waals surface area (Å²) < 4.78 is 5.09. The number of carbonyl (C=O) groups excluding carboxylic acids is 1. The van der Waals surface area contributed by atoms with E-state index >= 15 is 0 Å². The quantitative estimate of drug-likeness (QED) is 0.875. The summed E-state index contributed by atoms with van der Waals surface area (Å²) in [4.78, 5) is 18.4. The molecule has 0 bridgehead atoms.